The van der Waals surface area contributed by atoms with Crippen LogP contribution in [0.5, 0.6) is 11.5 Å². The van der Waals surface area contributed by atoms with E-state index in [0.717, 1.165) is 18.2 Å². The average Bonchev–Trinajstić information content (AvgIpc) is 2.56. The van der Waals surface area contributed by atoms with E-state index in [2.05, 4.69) is 15.3 Å². The molecule has 0 spiro atoms. The van der Waals surface area contributed by atoms with Crippen LogP contribution < -0.4 is 10.1 Å². The summed E-state index contributed by atoms with van der Waals surface area (Å²) in [6.45, 7) is 0. The summed E-state index contributed by atoms with van der Waals surface area (Å²) in [4.78, 5) is 16.1. The van der Waals surface area contributed by atoms with Crippen molar-refractivity contribution in [3.05, 3.63) is 53.6 Å². The van der Waals surface area contributed by atoms with Gasteiger partial charge >= 0.3 is 12.3 Å². The zero-order valence-electron chi connectivity index (χ0n) is 12.9. The molecule has 25 heavy (non-hydrogen) atoms. The van der Waals surface area contributed by atoms with Crippen molar-refractivity contribution >= 4 is 18.0 Å². The van der Waals surface area contributed by atoms with E-state index in [1.807, 2.05) is 0 Å². The standard InChI is InChI=1S/C16H13F3N2O4/c1-24-14-7-10(5-6-13(14)22)9-20-25-15(23)21-12-4-2-3-11(8-12)16(17,18)19/h2-9,22H,1H3,(H,21,23). The number of methoxy groups -OCH3 is 1. The van der Waals surface area contributed by atoms with Gasteiger partial charge in [0.05, 0.1) is 18.9 Å². The van der Waals surface area contributed by atoms with Gasteiger partial charge in [-0.05, 0) is 36.4 Å². The van der Waals surface area contributed by atoms with E-state index in [0.29, 0.717) is 5.56 Å². The molecule has 1 amide bonds. The molecule has 0 saturated heterocycles. The molecule has 0 heterocycles. The summed E-state index contributed by atoms with van der Waals surface area (Å²) in [5.74, 6) is 0.139. The SMILES string of the molecule is COc1cc(C=NOC(=O)Nc2cccc(C(F)(F)F)c2)ccc1O. The Hall–Kier alpha value is -3.23. The maximum absolute atomic E-state index is 12.6. The molecule has 132 valence electrons. The van der Waals surface area contributed by atoms with Crippen LogP contribution in [0.25, 0.3) is 0 Å². The van der Waals surface area contributed by atoms with Crippen LogP contribution in [0, 0.1) is 0 Å². The highest BCUT2D eigenvalue weighted by Gasteiger charge is 2.30. The van der Waals surface area contributed by atoms with Gasteiger partial charge in [-0.3, -0.25) is 10.2 Å². The van der Waals surface area contributed by atoms with Crippen molar-refractivity contribution in [2.45, 2.75) is 6.18 Å². The number of phenolic OH excluding ortho intramolecular Hbond substituents is 1. The predicted molar refractivity (Wildman–Crippen MR) is 83.8 cm³/mol. The number of anilines is 1. The number of benzene rings is 2. The van der Waals surface area contributed by atoms with Gasteiger partial charge in [0.1, 0.15) is 0 Å². The second-order valence-electron chi connectivity index (χ2n) is 4.75. The number of hydrogen-bond donors (Lipinski definition) is 2. The number of carbonyl (C=O) groups excluding carboxylic acids is 1. The molecule has 2 N–H and O–H groups in total. The van der Waals surface area contributed by atoms with Gasteiger partial charge in [0.25, 0.3) is 0 Å². The molecule has 9 heteroatoms. The number of nitrogens with one attached hydrogen (secondary N) is 1. The Morgan fingerprint density at radius 1 is 1.24 bits per heavy atom. The second-order valence-corrected chi connectivity index (χ2v) is 4.75. The molecule has 0 atom stereocenters. The highest BCUT2D eigenvalue weighted by atomic mass is 19.4. The van der Waals surface area contributed by atoms with Gasteiger partial charge in [0, 0.05) is 11.3 Å². The third kappa shape index (κ3) is 5.13. The zero-order valence-corrected chi connectivity index (χ0v) is 12.9. The molecule has 0 aromatic heterocycles. The fraction of sp³-hybridized carbons (Fsp3) is 0.125. The maximum atomic E-state index is 12.6. The highest BCUT2D eigenvalue weighted by molar-refractivity contribution is 5.86. The molecule has 0 aliphatic carbocycles. The Balaban J connectivity index is 1.97. The molecular weight excluding hydrogens is 341 g/mol. The summed E-state index contributed by atoms with van der Waals surface area (Å²) in [5.41, 5.74) is -0.507. The normalized spacial score (nSPS) is 11.4. The van der Waals surface area contributed by atoms with Gasteiger partial charge in [-0.1, -0.05) is 11.2 Å². The minimum Gasteiger partial charge on any atom is -0.504 e. The lowest BCUT2D eigenvalue weighted by Gasteiger charge is -2.08. The smallest absolute Gasteiger partial charge is 0.437 e. The quantitative estimate of drug-likeness (QED) is 0.494. The lowest BCUT2D eigenvalue weighted by Crippen LogP contribution is -2.12. The molecule has 0 radical (unpaired) electrons. The second kappa shape index (κ2) is 7.56. The molecular formula is C16H13F3N2O4. The van der Waals surface area contributed by atoms with E-state index >= 15 is 0 Å². The highest BCUT2D eigenvalue weighted by Crippen LogP contribution is 2.30. The zero-order chi connectivity index (χ0) is 18.4. The van der Waals surface area contributed by atoms with Crippen molar-refractivity contribution in [2.75, 3.05) is 12.4 Å². The monoisotopic (exact) mass is 354 g/mol. The van der Waals surface area contributed by atoms with Crippen molar-refractivity contribution in [3.63, 3.8) is 0 Å². The minimum atomic E-state index is -4.52. The van der Waals surface area contributed by atoms with Gasteiger partial charge in [0.2, 0.25) is 0 Å². The number of oxime groups is 1. The Labute approximate surface area is 140 Å². The third-order valence-corrected chi connectivity index (χ3v) is 2.98. The van der Waals surface area contributed by atoms with Crippen molar-refractivity contribution in [3.8, 4) is 11.5 Å². The average molecular weight is 354 g/mol. The number of rotatable bonds is 4. The van der Waals surface area contributed by atoms with E-state index in [1.165, 1.54) is 37.6 Å². The number of nitrogens with zero attached hydrogens (tertiary/aromatic N) is 1. The van der Waals surface area contributed by atoms with Gasteiger partial charge in [-0.25, -0.2) is 4.79 Å². The number of carbonyl (C=O) groups is 1. The van der Waals surface area contributed by atoms with E-state index in [1.54, 1.807) is 0 Å². The molecule has 0 aliphatic rings. The number of alkyl halides is 3. The molecule has 0 bridgehead atoms. The van der Waals surface area contributed by atoms with Gasteiger partial charge in [-0.2, -0.15) is 13.2 Å². The summed E-state index contributed by atoms with van der Waals surface area (Å²) in [5, 5.41) is 15.0. The summed E-state index contributed by atoms with van der Waals surface area (Å²) in [6.07, 6.45) is -4.40. The fourth-order valence-electron chi connectivity index (χ4n) is 1.82. The van der Waals surface area contributed by atoms with Crippen molar-refractivity contribution in [1.82, 2.24) is 0 Å². The minimum absolute atomic E-state index is 0.0668. The Morgan fingerprint density at radius 3 is 2.68 bits per heavy atom. The van der Waals surface area contributed by atoms with Crippen LogP contribution >= 0.6 is 0 Å². The van der Waals surface area contributed by atoms with Crippen LogP contribution in [0.2, 0.25) is 0 Å². The lowest BCUT2D eigenvalue weighted by molar-refractivity contribution is -0.137. The molecule has 0 fully saturated rings. The summed E-state index contributed by atoms with van der Waals surface area (Å²) in [7, 11) is 1.37. The van der Waals surface area contributed by atoms with Gasteiger partial charge in [0.15, 0.2) is 11.5 Å². The lowest BCUT2D eigenvalue weighted by atomic mass is 10.2. The number of amides is 1. The van der Waals surface area contributed by atoms with Gasteiger partial charge in [-0.15, -0.1) is 0 Å². The molecule has 2 rings (SSSR count). The summed E-state index contributed by atoms with van der Waals surface area (Å²) in [6, 6.07) is 8.41. The third-order valence-electron chi connectivity index (χ3n) is 2.98. The first-order valence-electron chi connectivity index (χ1n) is 6.85. The number of ether oxygens (including phenoxy) is 1. The number of aromatic hydroxyl groups is 1. The largest absolute Gasteiger partial charge is 0.504 e. The number of hydrogen-bond acceptors (Lipinski definition) is 5. The summed E-state index contributed by atoms with van der Waals surface area (Å²) < 4.78 is 42.7. The van der Waals surface area contributed by atoms with Crippen LogP contribution in [-0.2, 0) is 11.0 Å². The van der Waals surface area contributed by atoms with Crippen LogP contribution in [0.15, 0.2) is 47.6 Å². The first-order valence-corrected chi connectivity index (χ1v) is 6.85. The van der Waals surface area contributed by atoms with Crippen LogP contribution in [-0.4, -0.2) is 24.5 Å². The topological polar surface area (TPSA) is 80.2 Å². The molecule has 0 unspecified atom stereocenters. The molecule has 2 aromatic rings. The van der Waals surface area contributed by atoms with Crippen molar-refractivity contribution in [1.29, 1.82) is 0 Å². The molecule has 0 aliphatic heterocycles. The van der Waals surface area contributed by atoms with Crippen LogP contribution in [0.3, 0.4) is 0 Å². The van der Waals surface area contributed by atoms with Gasteiger partial charge < -0.3 is 9.84 Å². The van der Waals surface area contributed by atoms with E-state index in [9.17, 15) is 23.1 Å². The fourth-order valence-corrected chi connectivity index (χ4v) is 1.82. The molecule has 2 aromatic carbocycles. The summed E-state index contributed by atoms with van der Waals surface area (Å²) >= 11 is 0. The van der Waals surface area contributed by atoms with E-state index in [4.69, 9.17) is 4.74 Å². The maximum Gasteiger partial charge on any atom is 0.437 e. The Morgan fingerprint density at radius 2 is 2.00 bits per heavy atom. The predicted octanol–water partition coefficient (Wildman–Crippen LogP) is 4.00. The van der Waals surface area contributed by atoms with Crippen LogP contribution in [0.4, 0.5) is 23.7 Å². The number of phenols is 1. The number of halogens is 3. The van der Waals surface area contributed by atoms with E-state index in [-0.39, 0.29) is 17.2 Å². The first-order chi connectivity index (χ1) is 11.8. The van der Waals surface area contributed by atoms with Crippen LogP contribution in [0.1, 0.15) is 11.1 Å². The Bertz CT molecular complexity index is 791. The van der Waals surface area contributed by atoms with Crippen molar-refractivity contribution < 1.29 is 32.6 Å². The molecule has 6 nitrogen and oxygen atoms in total. The van der Waals surface area contributed by atoms with E-state index < -0.39 is 17.8 Å². The van der Waals surface area contributed by atoms with Crippen molar-refractivity contribution in [2.24, 2.45) is 5.16 Å². The molecule has 0 saturated carbocycles. The Kier molecular flexibility index (Phi) is 5.48. The first kappa shape index (κ1) is 18.1.